The van der Waals surface area contributed by atoms with Gasteiger partial charge in [0.25, 0.3) is 0 Å². The molecule has 122 valence electrons. The van der Waals surface area contributed by atoms with Gasteiger partial charge in [-0.3, -0.25) is 0 Å². The topological polar surface area (TPSA) is 57.3 Å². The smallest absolute Gasteiger partial charge is 0.435 e. The van der Waals surface area contributed by atoms with Crippen molar-refractivity contribution < 1.29 is 23.7 Å². The number of rotatable bonds is 11. The van der Waals surface area contributed by atoms with E-state index in [1.54, 1.807) is 6.92 Å². The Morgan fingerprint density at radius 1 is 1.24 bits per heavy atom. The summed E-state index contributed by atoms with van der Waals surface area (Å²) in [6.45, 7) is 3.83. The van der Waals surface area contributed by atoms with E-state index in [-0.39, 0.29) is 0 Å². The molecule has 1 unspecified atom stereocenters. The van der Waals surface area contributed by atoms with Gasteiger partial charge in [-0.2, -0.15) is 0 Å². The average molecular weight is 300 g/mol. The molecule has 1 heterocycles. The first-order valence-corrected chi connectivity index (χ1v) is 8.31. The Balaban J connectivity index is 1.39. The molecule has 5 nitrogen and oxygen atoms in total. The van der Waals surface area contributed by atoms with E-state index >= 15 is 0 Å². The molecule has 5 heteroatoms. The lowest BCUT2D eigenvalue weighted by molar-refractivity contribution is -0.0491. The number of carbonyl (C=O) groups is 1. The molecule has 0 N–H and O–H groups in total. The van der Waals surface area contributed by atoms with Crippen LogP contribution in [0.3, 0.4) is 0 Å². The molecule has 0 aromatic rings. The Morgan fingerprint density at radius 2 is 2.05 bits per heavy atom. The zero-order chi connectivity index (χ0) is 15.0. The number of unbranched alkanes of at least 4 members (excludes halogenated alkanes) is 2. The molecule has 0 spiro atoms. The minimum atomic E-state index is -0.781. The van der Waals surface area contributed by atoms with Gasteiger partial charge >= 0.3 is 6.16 Å². The fourth-order valence-corrected chi connectivity index (χ4v) is 2.56. The molecule has 0 aromatic heterocycles. The summed E-state index contributed by atoms with van der Waals surface area (Å²) in [5, 5.41) is 0. The summed E-state index contributed by atoms with van der Waals surface area (Å²) in [5.41, 5.74) is 0. The molecular formula is C16H28O5. The Morgan fingerprint density at radius 3 is 2.67 bits per heavy atom. The summed E-state index contributed by atoms with van der Waals surface area (Å²) in [5.74, 6) is 0.231. The van der Waals surface area contributed by atoms with Crippen molar-refractivity contribution >= 4 is 6.16 Å². The maximum atomic E-state index is 11.2. The van der Waals surface area contributed by atoms with Crippen LogP contribution in [0.5, 0.6) is 0 Å². The number of ether oxygens (including phenoxy) is 4. The minimum absolute atomic E-state index is 0.312. The summed E-state index contributed by atoms with van der Waals surface area (Å²) in [7, 11) is 0. The average Bonchev–Trinajstić information content (AvgIpc) is 3.15. The van der Waals surface area contributed by atoms with E-state index in [1.807, 2.05) is 0 Å². The summed E-state index contributed by atoms with van der Waals surface area (Å²) in [6.07, 6.45) is 9.32. The van der Waals surface area contributed by atoms with E-state index < -0.39 is 11.9 Å². The molecule has 1 aliphatic carbocycles. The van der Waals surface area contributed by atoms with Crippen LogP contribution in [0.15, 0.2) is 0 Å². The van der Waals surface area contributed by atoms with Crippen molar-refractivity contribution in [2.45, 2.75) is 64.1 Å². The molecule has 21 heavy (non-hydrogen) atoms. The second kappa shape index (κ2) is 8.59. The first-order chi connectivity index (χ1) is 10.2. The lowest BCUT2D eigenvalue weighted by Crippen LogP contribution is -2.24. The number of epoxide rings is 1. The van der Waals surface area contributed by atoms with Gasteiger partial charge in [-0.15, -0.1) is 0 Å². The second-order valence-corrected chi connectivity index (χ2v) is 5.99. The fourth-order valence-electron chi connectivity index (χ4n) is 2.56. The third-order valence-corrected chi connectivity index (χ3v) is 4.25. The number of hydrogen-bond donors (Lipinski definition) is 0. The molecule has 2 rings (SSSR count). The highest BCUT2D eigenvalue weighted by atomic mass is 16.8. The zero-order valence-electron chi connectivity index (χ0n) is 13.1. The first-order valence-electron chi connectivity index (χ1n) is 8.31. The first kappa shape index (κ1) is 16.6. The van der Waals surface area contributed by atoms with E-state index in [1.165, 1.54) is 38.5 Å². The largest absolute Gasteiger partial charge is 0.510 e. The van der Waals surface area contributed by atoms with Crippen LogP contribution in [0, 0.1) is 5.92 Å². The van der Waals surface area contributed by atoms with Crippen LogP contribution in [0.4, 0.5) is 4.79 Å². The Labute approximate surface area is 127 Å². The third-order valence-electron chi connectivity index (χ3n) is 4.25. The van der Waals surface area contributed by atoms with E-state index in [4.69, 9.17) is 18.9 Å². The highest BCUT2D eigenvalue weighted by Crippen LogP contribution is 2.33. The number of carbonyl (C=O) groups excluding carboxylic acids is 1. The van der Waals surface area contributed by atoms with Gasteiger partial charge in [0.05, 0.1) is 13.2 Å². The van der Waals surface area contributed by atoms with Gasteiger partial charge < -0.3 is 18.9 Å². The zero-order valence-corrected chi connectivity index (χ0v) is 13.1. The Bertz CT molecular complexity index is 310. The SMILES string of the molecule is CCOC(=O)OC1(CCOCCCCCC2CCC2)CO1. The normalized spacial score (nSPS) is 24.4. The van der Waals surface area contributed by atoms with Gasteiger partial charge in [-0.25, -0.2) is 4.79 Å². The van der Waals surface area contributed by atoms with Gasteiger partial charge in [0, 0.05) is 13.0 Å². The van der Waals surface area contributed by atoms with Crippen LogP contribution in [-0.4, -0.2) is 38.4 Å². The summed E-state index contributed by atoms with van der Waals surface area (Å²) < 4.78 is 20.6. The maximum absolute atomic E-state index is 11.2. The lowest BCUT2D eigenvalue weighted by atomic mass is 9.82. The minimum Gasteiger partial charge on any atom is -0.435 e. The summed E-state index contributed by atoms with van der Waals surface area (Å²) in [4.78, 5) is 11.2. The monoisotopic (exact) mass is 300 g/mol. The van der Waals surface area contributed by atoms with E-state index in [0.717, 1.165) is 18.9 Å². The predicted octanol–water partition coefficient (Wildman–Crippen LogP) is 3.65. The molecule has 0 bridgehead atoms. The van der Waals surface area contributed by atoms with E-state index in [9.17, 15) is 4.79 Å². The molecule has 1 atom stereocenters. The van der Waals surface area contributed by atoms with Crippen molar-refractivity contribution in [3.8, 4) is 0 Å². The van der Waals surface area contributed by atoms with Crippen molar-refractivity contribution in [3.05, 3.63) is 0 Å². The molecule has 1 saturated carbocycles. The predicted molar refractivity (Wildman–Crippen MR) is 78.0 cm³/mol. The van der Waals surface area contributed by atoms with Crippen molar-refractivity contribution in [1.29, 1.82) is 0 Å². The highest BCUT2D eigenvalue weighted by molar-refractivity contribution is 5.60. The molecule has 0 radical (unpaired) electrons. The Hall–Kier alpha value is -0.810. The Kier molecular flexibility index (Phi) is 6.77. The molecule has 1 aliphatic heterocycles. The van der Waals surface area contributed by atoms with Crippen LogP contribution in [0.25, 0.3) is 0 Å². The van der Waals surface area contributed by atoms with Gasteiger partial charge in [-0.1, -0.05) is 38.5 Å². The third kappa shape index (κ3) is 6.22. The van der Waals surface area contributed by atoms with E-state index in [2.05, 4.69) is 0 Å². The van der Waals surface area contributed by atoms with Crippen molar-refractivity contribution in [1.82, 2.24) is 0 Å². The van der Waals surface area contributed by atoms with Crippen LogP contribution in [0.2, 0.25) is 0 Å². The molecule has 0 amide bonds. The molecular weight excluding hydrogens is 272 g/mol. The summed E-state index contributed by atoms with van der Waals surface area (Å²) in [6, 6.07) is 0. The molecule has 1 saturated heterocycles. The van der Waals surface area contributed by atoms with Gasteiger partial charge in [0.15, 0.2) is 0 Å². The van der Waals surface area contributed by atoms with Crippen molar-refractivity contribution in [2.75, 3.05) is 26.4 Å². The van der Waals surface area contributed by atoms with E-state index in [0.29, 0.717) is 26.2 Å². The van der Waals surface area contributed by atoms with Gasteiger partial charge in [-0.05, 0) is 19.3 Å². The van der Waals surface area contributed by atoms with Gasteiger partial charge in [0.2, 0.25) is 5.79 Å². The standard InChI is InChI=1S/C16H28O5/c1-2-19-15(17)21-16(13-20-16)10-12-18-11-5-3-4-7-14-8-6-9-14/h14H,2-13H2,1H3. The van der Waals surface area contributed by atoms with Crippen molar-refractivity contribution in [2.24, 2.45) is 5.92 Å². The maximum Gasteiger partial charge on any atom is 0.510 e. The number of hydrogen-bond acceptors (Lipinski definition) is 5. The van der Waals surface area contributed by atoms with Crippen LogP contribution >= 0.6 is 0 Å². The summed E-state index contributed by atoms with van der Waals surface area (Å²) >= 11 is 0. The highest BCUT2D eigenvalue weighted by Gasteiger charge is 2.49. The fraction of sp³-hybridized carbons (Fsp3) is 0.938. The van der Waals surface area contributed by atoms with Crippen LogP contribution in [0.1, 0.15) is 58.3 Å². The molecule has 2 fully saturated rings. The molecule has 2 aliphatic rings. The van der Waals surface area contributed by atoms with Gasteiger partial charge in [0.1, 0.15) is 6.61 Å². The van der Waals surface area contributed by atoms with Crippen molar-refractivity contribution in [3.63, 3.8) is 0 Å². The second-order valence-electron chi connectivity index (χ2n) is 5.99. The lowest BCUT2D eigenvalue weighted by Gasteiger charge is -2.24. The van der Waals surface area contributed by atoms with Crippen LogP contribution < -0.4 is 0 Å². The quantitative estimate of drug-likeness (QED) is 0.331. The van der Waals surface area contributed by atoms with Crippen LogP contribution in [-0.2, 0) is 18.9 Å². The molecule has 0 aromatic carbocycles.